The van der Waals surface area contributed by atoms with Crippen molar-refractivity contribution in [3.8, 4) is 0 Å². The highest BCUT2D eigenvalue weighted by molar-refractivity contribution is 5.79. The average Bonchev–Trinajstić information content (AvgIpc) is 2.97. The van der Waals surface area contributed by atoms with Gasteiger partial charge < -0.3 is 15.5 Å². The Kier molecular flexibility index (Phi) is 7.39. The lowest BCUT2D eigenvalue weighted by atomic mass is 9.97. The molecular weight excluding hydrogens is 288 g/mol. The summed E-state index contributed by atoms with van der Waals surface area (Å²) in [5.74, 6) is 1.66. The van der Waals surface area contributed by atoms with Gasteiger partial charge in [-0.05, 0) is 57.8 Å². The van der Waals surface area contributed by atoms with Crippen molar-refractivity contribution < 1.29 is 0 Å². The molecule has 1 saturated heterocycles. The topological polar surface area (TPSA) is 57.5 Å². The minimum atomic E-state index is 0.654. The molecule has 6 heteroatoms. The fourth-order valence-electron chi connectivity index (χ4n) is 3.03. The Morgan fingerprint density at radius 1 is 1.30 bits per heavy atom. The van der Waals surface area contributed by atoms with Crippen molar-refractivity contribution in [2.24, 2.45) is 18.0 Å². The summed E-state index contributed by atoms with van der Waals surface area (Å²) in [5, 5.41) is 11.0. The first-order valence-corrected chi connectivity index (χ1v) is 8.94. The molecule has 0 aromatic carbocycles. The van der Waals surface area contributed by atoms with E-state index in [-0.39, 0.29) is 0 Å². The largest absolute Gasteiger partial charge is 0.357 e. The summed E-state index contributed by atoms with van der Waals surface area (Å²) in [6.45, 7) is 10.6. The minimum Gasteiger partial charge on any atom is -0.357 e. The van der Waals surface area contributed by atoms with E-state index in [0.29, 0.717) is 6.54 Å². The molecule has 2 heterocycles. The van der Waals surface area contributed by atoms with Crippen LogP contribution in [0.15, 0.2) is 17.3 Å². The number of aliphatic imine (C=N–C) groups is 1. The maximum Gasteiger partial charge on any atom is 0.191 e. The zero-order chi connectivity index (χ0) is 16.5. The maximum absolute atomic E-state index is 4.67. The predicted octanol–water partition coefficient (Wildman–Crippen LogP) is 1.60. The molecule has 0 radical (unpaired) electrons. The minimum absolute atomic E-state index is 0.654. The lowest BCUT2D eigenvalue weighted by molar-refractivity contribution is 0.185. The molecule has 6 nitrogen and oxygen atoms in total. The molecule has 0 bridgehead atoms. The molecule has 0 amide bonds. The molecule has 0 aliphatic carbocycles. The van der Waals surface area contributed by atoms with E-state index < -0.39 is 0 Å². The molecule has 0 spiro atoms. The third-order valence-electron chi connectivity index (χ3n) is 4.47. The lowest BCUT2D eigenvalue weighted by Gasteiger charge is -2.32. The van der Waals surface area contributed by atoms with Crippen LogP contribution in [0.5, 0.6) is 0 Å². The van der Waals surface area contributed by atoms with Crippen LogP contribution in [-0.2, 0) is 13.6 Å². The Morgan fingerprint density at radius 2 is 2.09 bits per heavy atom. The molecule has 0 saturated carbocycles. The number of hydrogen-bond donors (Lipinski definition) is 2. The highest BCUT2D eigenvalue weighted by Gasteiger charge is 2.18. The van der Waals surface area contributed by atoms with Gasteiger partial charge in [0, 0.05) is 26.3 Å². The number of likely N-dealkylation sites (tertiary alicyclic amines) is 1. The zero-order valence-corrected chi connectivity index (χ0v) is 14.9. The Hall–Kier alpha value is -1.56. The van der Waals surface area contributed by atoms with Crippen LogP contribution >= 0.6 is 0 Å². The summed E-state index contributed by atoms with van der Waals surface area (Å²) in [6, 6.07) is 2.01. The van der Waals surface area contributed by atoms with E-state index >= 15 is 0 Å². The van der Waals surface area contributed by atoms with Gasteiger partial charge in [0.05, 0.1) is 12.2 Å². The number of nitrogens with zero attached hydrogens (tertiary/aromatic N) is 4. The first-order chi connectivity index (χ1) is 11.2. The van der Waals surface area contributed by atoms with Crippen LogP contribution in [0.1, 0.15) is 38.8 Å². The van der Waals surface area contributed by atoms with Crippen LogP contribution in [-0.4, -0.2) is 53.4 Å². The van der Waals surface area contributed by atoms with Crippen molar-refractivity contribution >= 4 is 5.96 Å². The first kappa shape index (κ1) is 17.8. The van der Waals surface area contributed by atoms with Gasteiger partial charge in [-0.25, -0.2) is 4.99 Å². The lowest BCUT2D eigenvalue weighted by Crippen LogP contribution is -2.43. The molecule has 2 N–H and O–H groups in total. The van der Waals surface area contributed by atoms with Crippen molar-refractivity contribution in [3.63, 3.8) is 0 Å². The summed E-state index contributed by atoms with van der Waals surface area (Å²) >= 11 is 0. The second kappa shape index (κ2) is 9.55. The maximum atomic E-state index is 4.67. The average molecular weight is 320 g/mol. The van der Waals surface area contributed by atoms with Crippen LogP contribution in [0.4, 0.5) is 0 Å². The van der Waals surface area contributed by atoms with Gasteiger partial charge >= 0.3 is 0 Å². The third-order valence-corrected chi connectivity index (χ3v) is 4.47. The highest BCUT2D eigenvalue weighted by Crippen LogP contribution is 2.16. The Morgan fingerprint density at radius 3 is 2.70 bits per heavy atom. The summed E-state index contributed by atoms with van der Waals surface area (Å²) in [5.41, 5.74) is 1.12. The number of hydrogen-bond acceptors (Lipinski definition) is 3. The van der Waals surface area contributed by atoms with E-state index in [4.69, 9.17) is 0 Å². The van der Waals surface area contributed by atoms with Crippen LogP contribution < -0.4 is 10.6 Å². The molecule has 1 aromatic rings. The number of guanidine groups is 1. The number of rotatable bonds is 7. The molecule has 1 aliphatic heterocycles. The van der Waals surface area contributed by atoms with Crippen molar-refractivity contribution in [3.05, 3.63) is 18.0 Å². The molecule has 1 fully saturated rings. The van der Waals surface area contributed by atoms with Gasteiger partial charge in [0.2, 0.25) is 0 Å². The summed E-state index contributed by atoms with van der Waals surface area (Å²) in [6.07, 6.45) is 5.64. The van der Waals surface area contributed by atoms with Gasteiger partial charge in [0.25, 0.3) is 0 Å². The van der Waals surface area contributed by atoms with Gasteiger partial charge in [-0.3, -0.25) is 4.68 Å². The fourth-order valence-corrected chi connectivity index (χ4v) is 3.03. The van der Waals surface area contributed by atoms with Crippen LogP contribution in [0.25, 0.3) is 0 Å². The molecule has 130 valence electrons. The number of nitrogens with one attached hydrogen (secondary N) is 2. The molecular formula is C17H32N6. The van der Waals surface area contributed by atoms with Crippen molar-refractivity contribution in [2.45, 2.75) is 39.7 Å². The number of aromatic nitrogens is 2. The van der Waals surface area contributed by atoms with Gasteiger partial charge in [0.15, 0.2) is 5.96 Å². The molecule has 2 rings (SSSR count). The Balaban J connectivity index is 1.77. The molecule has 1 aromatic heterocycles. The fraction of sp³-hybridized carbons (Fsp3) is 0.765. The molecule has 23 heavy (non-hydrogen) atoms. The monoisotopic (exact) mass is 320 g/mol. The van der Waals surface area contributed by atoms with Crippen molar-refractivity contribution in [2.75, 3.05) is 32.7 Å². The van der Waals surface area contributed by atoms with E-state index in [0.717, 1.165) is 30.7 Å². The van der Waals surface area contributed by atoms with Crippen molar-refractivity contribution in [1.29, 1.82) is 0 Å². The van der Waals surface area contributed by atoms with Crippen molar-refractivity contribution in [1.82, 2.24) is 25.3 Å². The van der Waals surface area contributed by atoms with Gasteiger partial charge in [-0.2, -0.15) is 5.10 Å². The zero-order valence-electron chi connectivity index (χ0n) is 14.9. The Bertz CT molecular complexity index is 473. The summed E-state index contributed by atoms with van der Waals surface area (Å²) in [4.78, 5) is 7.25. The molecule has 1 aliphatic rings. The van der Waals surface area contributed by atoms with Gasteiger partial charge in [0.1, 0.15) is 0 Å². The van der Waals surface area contributed by atoms with Crippen LogP contribution in [0.3, 0.4) is 0 Å². The summed E-state index contributed by atoms with van der Waals surface area (Å²) in [7, 11) is 1.95. The SMILES string of the molecule is CCCN1CCC(CNC(=NCc2ccnn2C)NCC)CC1. The smallest absolute Gasteiger partial charge is 0.191 e. The predicted molar refractivity (Wildman–Crippen MR) is 95.5 cm³/mol. The van der Waals surface area contributed by atoms with E-state index in [1.807, 2.05) is 24.0 Å². The van der Waals surface area contributed by atoms with E-state index in [1.165, 1.54) is 38.9 Å². The molecule has 0 unspecified atom stereocenters. The normalized spacial score (nSPS) is 17.4. The second-order valence-corrected chi connectivity index (χ2v) is 6.31. The first-order valence-electron chi connectivity index (χ1n) is 8.94. The second-order valence-electron chi connectivity index (χ2n) is 6.31. The van der Waals surface area contributed by atoms with E-state index in [9.17, 15) is 0 Å². The number of aryl methyl sites for hydroxylation is 1. The third kappa shape index (κ3) is 5.86. The van der Waals surface area contributed by atoms with Gasteiger partial charge in [-0.15, -0.1) is 0 Å². The highest BCUT2D eigenvalue weighted by atomic mass is 15.3. The Labute approximate surface area is 140 Å². The van der Waals surface area contributed by atoms with E-state index in [2.05, 4.69) is 39.5 Å². The van der Waals surface area contributed by atoms with Gasteiger partial charge in [-0.1, -0.05) is 6.92 Å². The van der Waals surface area contributed by atoms with E-state index in [1.54, 1.807) is 0 Å². The summed E-state index contributed by atoms with van der Waals surface area (Å²) < 4.78 is 1.87. The number of piperidine rings is 1. The van der Waals surface area contributed by atoms with Crippen LogP contribution in [0.2, 0.25) is 0 Å². The van der Waals surface area contributed by atoms with Crippen LogP contribution in [0, 0.1) is 5.92 Å². The quantitative estimate of drug-likeness (QED) is 0.592. The standard InChI is InChI=1S/C17H32N6/c1-4-10-23-11-7-15(8-12-23)13-19-17(18-5-2)20-14-16-6-9-21-22(16)3/h6,9,15H,4-5,7-8,10-14H2,1-3H3,(H2,18,19,20). The molecule has 0 atom stereocenters.